The molecule has 0 bridgehead atoms. The Kier molecular flexibility index (Phi) is 2.83. The number of phenolic OH excluding ortho intramolecular Hbond substituents is 1. The number of phenols is 1. The maximum atomic E-state index is 11.2. The van der Waals surface area contributed by atoms with Crippen molar-refractivity contribution < 1.29 is 9.90 Å². The van der Waals surface area contributed by atoms with Crippen LogP contribution in [0.15, 0.2) is 18.2 Å². The van der Waals surface area contributed by atoms with Crippen molar-refractivity contribution >= 4 is 20.3 Å². The van der Waals surface area contributed by atoms with E-state index in [1.807, 2.05) is 0 Å². The van der Waals surface area contributed by atoms with Crippen LogP contribution in [0.3, 0.4) is 0 Å². The first-order valence-electron chi connectivity index (χ1n) is 3.77. The van der Waals surface area contributed by atoms with Crippen molar-refractivity contribution in [1.82, 2.24) is 0 Å². The Balaban J connectivity index is 3.16. The summed E-state index contributed by atoms with van der Waals surface area (Å²) in [4.78, 5) is 11.2. The number of ketones is 1. The van der Waals surface area contributed by atoms with Crippen LogP contribution in [-0.4, -0.2) is 10.9 Å². The SMILES string of the molecule is CCC(=O)c1cccc(P)c1O. The van der Waals surface area contributed by atoms with Gasteiger partial charge in [0, 0.05) is 11.7 Å². The van der Waals surface area contributed by atoms with Crippen molar-refractivity contribution in [3.63, 3.8) is 0 Å². The smallest absolute Gasteiger partial charge is 0.166 e. The molecule has 0 aliphatic heterocycles. The molecular formula is C9H11O2P. The van der Waals surface area contributed by atoms with E-state index >= 15 is 0 Å². The fourth-order valence-electron chi connectivity index (χ4n) is 0.977. The molecular weight excluding hydrogens is 171 g/mol. The van der Waals surface area contributed by atoms with Gasteiger partial charge in [-0.3, -0.25) is 4.79 Å². The maximum absolute atomic E-state index is 11.2. The van der Waals surface area contributed by atoms with Crippen LogP contribution in [0.2, 0.25) is 0 Å². The molecule has 0 fully saturated rings. The molecule has 0 saturated carbocycles. The Morgan fingerprint density at radius 3 is 2.83 bits per heavy atom. The molecule has 0 aromatic heterocycles. The standard InChI is InChI=1S/C9H11O2P/c1-2-7(10)6-4-3-5-8(12)9(6)11/h3-5,11H,2,12H2,1H3. The van der Waals surface area contributed by atoms with Crippen molar-refractivity contribution in [3.05, 3.63) is 23.8 Å². The van der Waals surface area contributed by atoms with E-state index in [1.165, 1.54) is 0 Å². The van der Waals surface area contributed by atoms with Gasteiger partial charge in [0.2, 0.25) is 0 Å². The highest BCUT2D eigenvalue weighted by molar-refractivity contribution is 7.27. The van der Waals surface area contributed by atoms with Crippen molar-refractivity contribution in [2.24, 2.45) is 0 Å². The minimum absolute atomic E-state index is 0.0307. The number of carbonyl (C=O) groups is 1. The molecule has 0 saturated heterocycles. The number of para-hydroxylation sites is 1. The van der Waals surface area contributed by atoms with Gasteiger partial charge in [-0.15, -0.1) is 9.24 Å². The molecule has 3 heteroatoms. The molecule has 0 radical (unpaired) electrons. The first-order chi connectivity index (χ1) is 5.66. The van der Waals surface area contributed by atoms with Gasteiger partial charge in [0.05, 0.1) is 5.56 Å². The van der Waals surface area contributed by atoms with Gasteiger partial charge >= 0.3 is 0 Å². The summed E-state index contributed by atoms with van der Waals surface area (Å²) in [5, 5.41) is 10.1. The van der Waals surface area contributed by atoms with Gasteiger partial charge in [0.25, 0.3) is 0 Å². The molecule has 2 nitrogen and oxygen atoms in total. The van der Waals surface area contributed by atoms with E-state index in [2.05, 4.69) is 9.24 Å². The summed E-state index contributed by atoms with van der Waals surface area (Å²) < 4.78 is 0. The quantitative estimate of drug-likeness (QED) is 0.555. The van der Waals surface area contributed by atoms with E-state index in [0.29, 0.717) is 17.3 Å². The molecule has 64 valence electrons. The number of hydrogen-bond donors (Lipinski definition) is 1. The largest absolute Gasteiger partial charge is 0.507 e. The average molecular weight is 182 g/mol. The molecule has 1 atom stereocenters. The Hall–Kier alpha value is -0.880. The lowest BCUT2D eigenvalue weighted by Gasteiger charge is -2.03. The average Bonchev–Trinajstić information content (AvgIpc) is 2.08. The van der Waals surface area contributed by atoms with E-state index in [1.54, 1.807) is 25.1 Å². The fraction of sp³-hybridized carbons (Fsp3) is 0.222. The van der Waals surface area contributed by atoms with Crippen LogP contribution in [-0.2, 0) is 0 Å². The molecule has 1 unspecified atom stereocenters. The number of carbonyl (C=O) groups excluding carboxylic acids is 1. The lowest BCUT2D eigenvalue weighted by molar-refractivity contribution is 0.0986. The number of hydrogen-bond acceptors (Lipinski definition) is 2. The van der Waals surface area contributed by atoms with Gasteiger partial charge in [-0.25, -0.2) is 0 Å². The van der Waals surface area contributed by atoms with Crippen molar-refractivity contribution in [2.45, 2.75) is 13.3 Å². The summed E-state index contributed by atoms with van der Waals surface area (Å²) in [6, 6.07) is 5.13. The predicted octanol–water partition coefficient (Wildman–Crippen LogP) is 1.49. The summed E-state index contributed by atoms with van der Waals surface area (Å²) in [7, 11) is 2.38. The minimum Gasteiger partial charge on any atom is -0.507 e. The number of rotatable bonds is 2. The van der Waals surface area contributed by atoms with Gasteiger partial charge in [-0.05, 0) is 6.07 Å². The zero-order valence-electron chi connectivity index (χ0n) is 6.87. The highest BCUT2D eigenvalue weighted by atomic mass is 31.0. The Labute approximate surface area is 73.8 Å². The van der Waals surface area contributed by atoms with Crippen molar-refractivity contribution in [3.8, 4) is 5.75 Å². The van der Waals surface area contributed by atoms with Crippen LogP contribution in [0.5, 0.6) is 5.75 Å². The van der Waals surface area contributed by atoms with E-state index < -0.39 is 0 Å². The number of aromatic hydroxyl groups is 1. The van der Waals surface area contributed by atoms with E-state index in [4.69, 9.17) is 0 Å². The van der Waals surface area contributed by atoms with E-state index in [9.17, 15) is 9.90 Å². The second-order valence-electron chi connectivity index (χ2n) is 2.52. The molecule has 1 N–H and O–H groups in total. The van der Waals surface area contributed by atoms with Crippen molar-refractivity contribution in [1.29, 1.82) is 0 Å². The Morgan fingerprint density at radius 1 is 1.58 bits per heavy atom. The topological polar surface area (TPSA) is 37.3 Å². The molecule has 12 heavy (non-hydrogen) atoms. The van der Waals surface area contributed by atoms with Crippen LogP contribution in [0, 0.1) is 0 Å². The van der Waals surface area contributed by atoms with Gasteiger partial charge in [-0.2, -0.15) is 0 Å². The molecule has 1 aromatic carbocycles. The third-order valence-electron chi connectivity index (χ3n) is 1.69. The van der Waals surface area contributed by atoms with Crippen LogP contribution in [0.25, 0.3) is 0 Å². The third kappa shape index (κ3) is 1.64. The first-order valence-corrected chi connectivity index (χ1v) is 4.35. The van der Waals surface area contributed by atoms with Crippen LogP contribution in [0.1, 0.15) is 23.7 Å². The highest BCUT2D eigenvalue weighted by Crippen LogP contribution is 2.17. The minimum atomic E-state index is -0.0307. The van der Waals surface area contributed by atoms with Crippen LogP contribution < -0.4 is 5.30 Å². The number of Topliss-reactive ketones (excluding diaryl/α,β-unsaturated/α-hetero) is 1. The van der Waals surface area contributed by atoms with E-state index in [0.717, 1.165) is 0 Å². The Bertz CT molecular complexity index is 307. The number of benzene rings is 1. The van der Waals surface area contributed by atoms with Crippen LogP contribution >= 0.6 is 9.24 Å². The predicted molar refractivity (Wildman–Crippen MR) is 52.1 cm³/mol. The van der Waals surface area contributed by atoms with Gasteiger partial charge < -0.3 is 5.11 Å². The second-order valence-corrected chi connectivity index (χ2v) is 3.14. The zero-order chi connectivity index (χ0) is 9.14. The lowest BCUT2D eigenvalue weighted by Crippen LogP contribution is -2.02. The normalized spacial score (nSPS) is 9.83. The van der Waals surface area contributed by atoms with Gasteiger partial charge in [0.15, 0.2) is 5.78 Å². The maximum Gasteiger partial charge on any atom is 0.166 e. The van der Waals surface area contributed by atoms with Gasteiger partial charge in [-0.1, -0.05) is 19.1 Å². The van der Waals surface area contributed by atoms with Gasteiger partial charge in [0.1, 0.15) is 5.75 Å². The molecule has 1 aromatic rings. The zero-order valence-corrected chi connectivity index (χ0v) is 8.03. The molecule has 0 aliphatic rings. The third-order valence-corrected chi connectivity index (χ3v) is 2.15. The first kappa shape index (κ1) is 9.21. The lowest BCUT2D eigenvalue weighted by atomic mass is 10.1. The molecule has 0 aliphatic carbocycles. The van der Waals surface area contributed by atoms with E-state index in [-0.39, 0.29) is 11.5 Å². The molecule has 0 spiro atoms. The fourth-order valence-corrected chi connectivity index (χ4v) is 1.24. The molecule has 0 heterocycles. The molecule has 0 amide bonds. The molecule has 1 rings (SSSR count). The summed E-state index contributed by atoms with van der Waals surface area (Å²) in [5.41, 5.74) is 0.407. The highest BCUT2D eigenvalue weighted by Gasteiger charge is 2.09. The second kappa shape index (κ2) is 3.68. The van der Waals surface area contributed by atoms with Crippen LogP contribution in [0.4, 0.5) is 0 Å². The summed E-state index contributed by atoms with van der Waals surface area (Å²) in [6.07, 6.45) is 0.418. The summed E-state index contributed by atoms with van der Waals surface area (Å²) in [5.74, 6) is 0.0474. The summed E-state index contributed by atoms with van der Waals surface area (Å²) in [6.45, 7) is 1.78. The summed E-state index contributed by atoms with van der Waals surface area (Å²) >= 11 is 0. The monoisotopic (exact) mass is 182 g/mol. The Morgan fingerprint density at radius 2 is 2.25 bits per heavy atom. The van der Waals surface area contributed by atoms with Crippen molar-refractivity contribution in [2.75, 3.05) is 0 Å².